The lowest BCUT2D eigenvalue weighted by Crippen LogP contribution is -2.50. The van der Waals surface area contributed by atoms with Gasteiger partial charge in [-0.3, -0.25) is 5.32 Å². The molecule has 0 saturated heterocycles. The molecule has 0 aliphatic carbocycles. The van der Waals surface area contributed by atoms with Gasteiger partial charge in [0.2, 0.25) is 5.60 Å². The van der Waals surface area contributed by atoms with Gasteiger partial charge in [0.25, 0.3) is 0 Å². The molecule has 4 nitrogen and oxygen atoms in total. The van der Waals surface area contributed by atoms with E-state index in [1.165, 1.54) is 0 Å². The first-order valence-corrected chi connectivity index (χ1v) is 7.45. The summed E-state index contributed by atoms with van der Waals surface area (Å²) in [5.74, 6) is -0.824. The van der Waals surface area contributed by atoms with Crippen LogP contribution in [0.25, 0.3) is 0 Å². The lowest BCUT2D eigenvalue weighted by molar-refractivity contribution is -0.275. The Bertz CT molecular complexity index is 643. The van der Waals surface area contributed by atoms with Crippen LogP contribution in [0.1, 0.15) is 38.2 Å². The smallest absolute Gasteiger partial charge is 0.428 e. The normalized spacial score (nSPS) is 20.5. The van der Waals surface area contributed by atoms with E-state index in [0.29, 0.717) is 18.9 Å². The maximum absolute atomic E-state index is 13.8. The van der Waals surface area contributed by atoms with Crippen LogP contribution in [0.3, 0.4) is 0 Å². The van der Waals surface area contributed by atoms with Crippen molar-refractivity contribution in [3.63, 3.8) is 0 Å². The topological polar surface area (TPSA) is 47.6 Å². The van der Waals surface area contributed by atoms with Crippen molar-refractivity contribution < 1.29 is 40.6 Å². The molecule has 1 heterocycles. The molecule has 2 rings (SSSR count). The number of rotatable bonds is 5. The van der Waals surface area contributed by atoms with E-state index < -0.39 is 42.0 Å². The fraction of sp³-hybridized carbons (Fsp3) is 0.533. The maximum Gasteiger partial charge on any atom is 0.573 e. The molecule has 0 saturated carbocycles. The van der Waals surface area contributed by atoms with E-state index in [2.05, 4.69) is 14.8 Å². The Labute approximate surface area is 139 Å². The maximum atomic E-state index is 13.8. The fourth-order valence-electron chi connectivity index (χ4n) is 2.67. The Balaban J connectivity index is 2.53. The number of anilines is 1. The molecule has 0 spiro atoms. The third kappa shape index (κ3) is 4.10. The first-order chi connectivity index (χ1) is 11.5. The number of unbranched alkanes of at least 4 members (excludes halogenated alkanes) is 2. The highest BCUT2D eigenvalue weighted by atomic mass is 19.4. The second-order valence-corrected chi connectivity index (χ2v) is 5.55. The van der Waals surface area contributed by atoms with Gasteiger partial charge in [-0.15, -0.1) is 13.2 Å². The van der Waals surface area contributed by atoms with Gasteiger partial charge in [0, 0.05) is 12.0 Å². The SMILES string of the molecule is CCCCCC1(C(F)(F)F)OC(=O)Nc2ccc(OC(F)(F)F)cc21. The van der Waals surface area contributed by atoms with Gasteiger partial charge >= 0.3 is 18.6 Å². The minimum atomic E-state index is -5.06. The quantitative estimate of drug-likeness (QED) is 0.550. The third-order valence-corrected chi connectivity index (χ3v) is 3.75. The van der Waals surface area contributed by atoms with Crippen molar-refractivity contribution in [2.45, 2.75) is 50.7 Å². The number of carbonyl (C=O) groups is 1. The van der Waals surface area contributed by atoms with Crippen molar-refractivity contribution in [3.8, 4) is 5.75 Å². The zero-order valence-corrected chi connectivity index (χ0v) is 13.1. The molecule has 1 aromatic carbocycles. The van der Waals surface area contributed by atoms with Crippen LogP contribution in [0.15, 0.2) is 18.2 Å². The molecule has 0 radical (unpaired) electrons. The Morgan fingerprint density at radius 2 is 1.84 bits per heavy atom. The van der Waals surface area contributed by atoms with Crippen LogP contribution >= 0.6 is 0 Å². The van der Waals surface area contributed by atoms with Gasteiger partial charge in [-0.05, 0) is 24.6 Å². The minimum absolute atomic E-state index is 0.0765. The summed E-state index contributed by atoms with van der Waals surface area (Å²) in [6.07, 6.45) is -10.8. The largest absolute Gasteiger partial charge is 0.573 e. The number of benzene rings is 1. The van der Waals surface area contributed by atoms with Gasteiger partial charge in [0.15, 0.2) is 0 Å². The number of halogens is 6. The zero-order chi connectivity index (χ0) is 18.9. The molecule has 25 heavy (non-hydrogen) atoms. The van der Waals surface area contributed by atoms with E-state index in [-0.39, 0.29) is 12.1 Å². The Morgan fingerprint density at radius 1 is 1.16 bits per heavy atom. The minimum Gasteiger partial charge on any atom is -0.428 e. The summed E-state index contributed by atoms with van der Waals surface area (Å²) < 4.78 is 86.7. The molecule has 0 bridgehead atoms. The second kappa shape index (κ2) is 6.64. The highest BCUT2D eigenvalue weighted by Gasteiger charge is 2.61. The second-order valence-electron chi connectivity index (χ2n) is 5.55. The van der Waals surface area contributed by atoms with Crippen molar-refractivity contribution in [1.82, 2.24) is 0 Å². The molecular formula is C15H15F6NO3. The number of nitrogens with one attached hydrogen (secondary N) is 1. The molecule has 1 aliphatic rings. The molecule has 1 N–H and O–H groups in total. The number of hydrogen-bond donors (Lipinski definition) is 1. The zero-order valence-electron chi connectivity index (χ0n) is 13.1. The van der Waals surface area contributed by atoms with Gasteiger partial charge < -0.3 is 9.47 Å². The van der Waals surface area contributed by atoms with Crippen molar-refractivity contribution in [2.24, 2.45) is 0 Å². The number of hydrogen-bond acceptors (Lipinski definition) is 3. The van der Waals surface area contributed by atoms with Gasteiger partial charge in [-0.25, -0.2) is 4.79 Å². The molecule has 140 valence electrons. The van der Waals surface area contributed by atoms with Crippen molar-refractivity contribution in [3.05, 3.63) is 23.8 Å². The van der Waals surface area contributed by atoms with Gasteiger partial charge in [0.05, 0.1) is 5.69 Å². The van der Waals surface area contributed by atoms with Crippen LogP contribution in [0.4, 0.5) is 36.8 Å². The summed E-state index contributed by atoms with van der Waals surface area (Å²) in [5.41, 5.74) is -3.90. The molecule has 1 atom stereocenters. The fourth-order valence-corrected chi connectivity index (χ4v) is 2.67. The number of cyclic esters (lactones) is 1. The monoisotopic (exact) mass is 371 g/mol. The summed E-state index contributed by atoms with van der Waals surface area (Å²) in [6.45, 7) is 1.78. The van der Waals surface area contributed by atoms with E-state index >= 15 is 0 Å². The van der Waals surface area contributed by atoms with Gasteiger partial charge in [-0.1, -0.05) is 19.8 Å². The predicted octanol–water partition coefficient (Wildman–Crippen LogP) is 5.49. The number of amides is 1. The van der Waals surface area contributed by atoms with E-state index in [1.54, 1.807) is 6.92 Å². The Kier molecular flexibility index (Phi) is 5.10. The van der Waals surface area contributed by atoms with Crippen LogP contribution in [0.2, 0.25) is 0 Å². The van der Waals surface area contributed by atoms with Crippen LogP contribution in [0, 0.1) is 0 Å². The molecule has 10 heteroatoms. The molecule has 1 unspecified atom stereocenters. The van der Waals surface area contributed by atoms with E-state index in [4.69, 9.17) is 0 Å². The number of fused-ring (bicyclic) bond motifs is 1. The number of ether oxygens (including phenoxy) is 2. The molecule has 1 aromatic rings. The van der Waals surface area contributed by atoms with Crippen LogP contribution in [-0.2, 0) is 10.3 Å². The lowest BCUT2D eigenvalue weighted by atomic mass is 9.85. The van der Waals surface area contributed by atoms with Crippen molar-refractivity contribution in [1.29, 1.82) is 0 Å². The highest BCUT2D eigenvalue weighted by molar-refractivity contribution is 5.89. The average Bonchev–Trinajstić information content (AvgIpc) is 2.45. The standard InChI is InChI=1S/C15H15F6NO3/c1-2-3-4-7-13(14(16,17)18)10-8-9(24-15(19,20)21)5-6-11(10)22-12(23)25-13/h5-6,8H,2-4,7H2,1H3,(H,22,23). The summed E-state index contributed by atoms with van der Waals surface area (Å²) in [5, 5.41) is 2.07. The van der Waals surface area contributed by atoms with Crippen LogP contribution < -0.4 is 10.1 Å². The van der Waals surface area contributed by atoms with Gasteiger partial charge in [0.1, 0.15) is 5.75 Å². The van der Waals surface area contributed by atoms with E-state index in [9.17, 15) is 31.1 Å². The highest BCUT2D eigenvalue weighted by Crippen LogP contribution is 2.51. The van der Waals surface area contributed by atoms with E-state index in [1.807, 2.05) is 0 Å². The molecular weight excluding hydrogens is 356 g/mol. The third-order valence-electron chi connectivity index (χ3n) is 3.75. The predicted molar refractivity (Wildman–Crippen MR) is 75.1 cm³/mol. The van der Waals surface area contributed by atoms with Gasteiger partial charge in [-0.2, -0.15) is 13.2 Å². The summed E-state index contributed by atoms with van der Waals surface area (Å²) in [4.78, 5) is 11.6. The number of carbonyl (C=O) groups excluding carboxylic acids is 1. The first-order valence-electron chi connectivity index (χ1n) is 7.45. The van der Waals surface area contributed by atoms with Crippen molar-refractivity contribution in [2.75, 3.05) is 5.32 Å². The van der Waals surface area contributed by atoms with Crippen LogP contribution in [-0.4, -0.2) is 18.6 Å². The molecule has 0 fully saturated rings. The Morgan fingerprint density at radius 3 is 2.40 bits per heavy atom. The summed E-state index contributed by atoms with van der Waals surface area (Å²) >= 11 is 0. The van der Waals surface area contributed by atoms with E-state index in [0.717, 1.165) is 12.1 Å². The molecule has 1 aliphatic heterocycles. The van der Waals surface area contributed by atoms with Crippen LogP contribution in [0.5, 0.6) is 5.75 Å². The average molecular weight is 371 g/mol. The summed E-state index contributed by atoms with van der Waals surface area (Å²) in [7, 11) is 0. The first kappa shape index (κ1) is 19.2. The number of alkyl halides is 6. The summed E-state index contributed by atoms with van der Waals surface area (Å²) in [6, 6.07) is 2.35. The lowest BCUT2D eigenvalue weighted by Gasteiger charge is -2.39. The molecule has 1 amide bonds. The molecule has 0 aromatic heterocycles. The Hall–Kier alpha value is -2.13. The van der Waals surface area contributed by atoms with Crippen molar-refractivity contribution >= 4 is 11.8 Å².